The fraction of sp³-hybridized carbons (Fsp3) is 0.636. The molecule has 0 radical (unpaired) electrons. The summed E-state index contributed by atoms with van der Waals surface area (Å²) in [5.41, 5.74) is 2.38. The number of carbonyl (C=O) groups is 2. The first-order valence-electron chi connectivity index (χ1n) is 10.4. The molecule has 1 aromatic rings. The summed E-state index contributed by atoms with van der Waals surface area (Å²) < 4.78 is 0. The Balaban J connectivity index is 1.45. The van der Waals surface area contributed by atoms with Crippen molar-refractivity contribution in [2.45, 2.75) is 51.6 Å². The van der Waals surface area contributed by atoms with E-state index < -0.39 is 0 Å². The third-order valence-corrected chi connectivity index (χ3v) is 7.07. The van der Waals surface area contributed by atoms with Crippen LogP contribution in [0.4, 0.5) is 0 Å². The average molecular weight is 370 g/mol. The lowest BCUT2D eigenvalue weighted by atomic mass is 9.68. The Hall–Kier alpha value is -1.88. The number of rotatable bonds is 2. The number of amides is 2. The molecule has 1 spiro atoms. The molecule has 2 fully saturated rings. The molecule has 0 bridgehead atoms. The summed E-state index contributed by atoms with van der Waals surface area (Å²) in [6.45, 7) is 5.95. The van der Waals surface area contributed by atoms with Crippen LogP contribution in [0.3, 0.4) is 0 Å². The standard InChI is InChI=1S/C22H31N3O2/c1-17-22(10-5-12-23(2)21(22)27)11-6-13-25(17)20(26)16-24-14-9-18-7-3-4-8-19(18)15-24/h3-4,7-8,17H,5-6,9-16H2,1-2H3/t17-,22+/m1/s1. The summed E-state index contributed by atoms with van der Waals surface area (Å²) in [5, 5.41) is 0. The van der Waals surface area contributed by atoms with Crippen LogP contribution in [-0.4, -0.2) is 65.8 Å². The summed E-state index contributed by atoms with van der Waals surface area (Å²) in [6, 6.07) is 8.52. The number of nitrogens with zero attached hydrogens (tertiary/aromatic N) is 3. The molecule has 2 saturated heterocycles. The van der Waals surface area contributed by atoms with Gasteiger partial charge in [-0.1, -0.05) is 24.3 Å². The van der Waals surface area contributed by atoms with Crippen molar-refractivity contribution >= 4 is 11.8 Å². The monoisotopic (exact) mass is 369 g/mol. The second kappa shape index (κ2) is 7.27. The molecule has 0 aliphatic carbocycles. The van der Waals surface area contributed by atoms with Crippen LogP contribution in [0.2, 0.25) is 0 Å². The molecule has 5 heteroatoms. The summed E-state index contributed by atoms with van der Waals surface area (Å²) >= 11 is 0. The van der Waals surface area contributed by atoms with Crippen LogP contribution in [0.15, 0.2) is 24.3 Å². The Kier molecular flexibility index (Phi) is 4.97. The molecular weight excluding hydrogens is 338 g/mol. The highest BCUT2D eigenvalue weighted by molar-refractivity contribution is 5.86. The van der Waals surface area contributed by atoms with Gasteiger partial charge in [0.25, 0.3) is 0 Å². The van der Waals surface area contributed by atoms with E-state index >= 15 is 0 Å². The third kappa shape index (κ3) is 3.27. The van der Waals surface area contributed by atoms with Gasteiger partial charge in [-0.2, -0.15) is 0 Å². The lowest BCUT2D eigenvalue weighted by Crippen LogP contribution is -2.62. The first-order valence-corrected chi connectivity index (χ1v) is 10.4. The first-order chi connectivity index (χ1) is 13.0. The zero-order valence-corrected chi connectivity index (χ0v) is 16.6. The van der Waals surface area contributed by atoms with Gasteiger partial charge in [0.15, 0.2) is 0 Å². The minimum Gasteiger partial charge on any atom is -0.345 e. The van der Waals surface area contributed by atoms with E-state index in [1.807, 2.05) is 16.8 Å². The van der Waals surface area contributed by atoms with Crippen molar-refractivity contribution in [2.24, 2.45) is 5.41 Å². The maximum absolute atomic E-state index is 13.2. The number of benzene rings is 1. The van der Waals surface area contributed by atoms with Crippen LogP contribution in [0.25, 0.3) is 0 Å². The Morgan fingerprint density at radius 2 is 1.81 bits per heavy atom. The molecule has 3 aliphatic rings. The molecule has 0 saturated carbocycles. The number of carbonyl (C=O) groups excluding carboxylic acids is 2. The van der Waals surface area contributed by atoms with Gasteiger partial charge in [-0.15, -0.1) is 0 Å². The lowest BCUT2D eigenvalue weighted by molar-refractivity contribution is -0.158. The maximum Gasteiger partial charge on any atom is 0.237 e. The molecule has 0 N–H and O–H groups in total. The second-order valence-electron chi connectivity index (χ2n) is 8.58. The van der Waals surface area contributed by atoms with Crippen LogP contribution in [0.5, 0.6) is 0 Å². The van der Waals surface area contributed by atoms with Gasteiger partial charge in [0.05, 0.1) is 12.0 Å². The average Bonchev–Trinajstić information content (AvgIpc) is 2.67. The zero-order chi connectivity index (χ0) is 19.0. The fourth-order valence-corrected chi connectivity index (χ4v) is 5.42. The molecule has 3 heterocycles. The van der Waals surface area contributed by atoms with Crippen molar-refractivity contribution in [1.82, 2.24) is 14.7 Å². The molecule has 3 aliphatic heterocycles. The quantitative estimate of drug-likeness (QED) is 0.803. The van der Waals surface area contributed by atoms with Crippen molar-refractivity contribution < 1.29 is 9.59 Å². The number of hydrogen-bond acceptors (Lipinski definition) is 3. The van der Waals surface area contributed by atoms with Crippen LogP contribution in [0.1, 0.15) is 43.7 Å². The van der Waals surface area contributed by atoms with E-state index in [2.05, 4.69) is 36.1 Å². The van der Waals surface area contributed by atoms with Crippen LogP contribution < -0.4 is 0 Å². The molecule has 4 rings (SSSR count). The van der Waals surface area contributed by atoms with Crippen molar-refractivity contribution in [3.05, 3.63) is 35.4 Å². The van der Waals surface area contributed by atoms with Gasteiger partial charge in [-0.25, -0.2) is 0 Å². The fourth-order valence-electron chi connectivity index (χ4n) is 5.42. The summed E-state index contributed by atoms with van der Waals surface area (Å²) in [4.78, 5) is 32.3. The summed E-state index contributed by atoms with van der Waals surface area (Å²) in [6.07, 6.45) is 4.80. The van der Waals surface area contributed by atoms with Gasteiger partial charge in [0.2, 0.25) is 11.8 Å². The molecular formula is C22H31N3O2. The predicted octanol–water partition coefficient (Wildman–Crippen LogP) is 2.29. The van der Waals surface area contributed by atoms with Crippen molar-refractivity contribution in [1.29, 1.82) is 0 Å². The smallest absolute Gasteiger partial charge is 0.237 e. The van der Waals surface area contributed by atoms with Gasteiger partial charge >= 0.3 is 0 Å². The van der Waals surface area contributed by atoms with Crippen molar-refractivity contribution in [2.75, 3.05) is 33.2 Å². The molecule has 27 heavy (non-hydrogen) atoms. The van der Waals surface area contributed by atoms with Gasteiger partial charge < -0.3 is 9.80 Å². The predicted molar refractivity (Wildman–Crippen MR) is 105 cm³/mol. The Morgan fingerprint density at radius 3 is 2.59 bits per heavy atom. The molecule has 5 nitrogen and oxygen atoms in total. The SMILES string of the molecule is C[C@H]1N(C(=O)CN2CCc3ccccc3C2)CCC[C@@]12CCCN(C)C2=O. The third-order valence-electron chi connectivity index (χ3n) is 7.07. The van der Waals surface area contributed by atoms with E-state index in [0.29, 0.717) is 6.54 Å². The van der Waals surface area contributed by atoms with E-state index in [-0.39, 0.29) is 23.3 Å². The molecule has 1 aromatic carbocycles. The first kappa shape index (κ1) is 18.5. The molecule has 146 valence electrons. The Morgan fingerprint density at radius 1 is 1.11 bits per heavy atom. The minimum atomic E-state index is -0.366. The second-order valence-corrected chi connectivity index (χ2v) is 8.58. The maximum atomic E-state index is 13.2. The van der Waals surface area contributed by atoms with Crippen molar-refractivity contribution in [3.63, 3.8) is 0 Å². The van der Waals surface area contributed by atoms with E-state index in [1.54, 1.807) is 0 Å². The van der Waals surface area contributed by atoms with E-state index in [9.17, 15) is 9.59 Å². The van der Waals surface area contributed by atoms with Crippen LogP contribution in [-0.2, 0) is 22.6 Å². The topological polar surface area (TPSA) is 43.9 Å². The van der Waals surface area contributed by atoms with Gasteiger partial charge in [-0.05, 0) is 50.2 Å². The van der Waals surface area contributed by atoms with Crippen molar-refractivity contribution in [3.8, 4) is 0 Å². The van der Waals surface area contributed by atoms with Gasteiger partial charge in [-0.3, -0.25) is 14.5 Å². The van der Waals surface area contributed by atoms with E-state index in [0.717, 1.165) is 58.3 Å². The number of hydrogen-bond donors (Lipinski definition) is 0. The largest absolute Gasteiger partial charge is 0.345 e. The number of piperidine rings is 2. The highest BCUT2D eigenvalue weighted by Gasteiger charge is 2.51. The Labute approximate surface area is 162 Å². The number of likely N-dealkylation sites (tertiary alicyclic amines) is 2. The molecule has 0 aromatic heterocycles. The molecule has 2 amide bonds. The van der Waals surface area contributed by atoms with Crippen LogP contribution >= 0.6 is 0 Å². The Bertz CT molecular complexity index is 730. The van der Waals surface area contributed by atoms with Gasteiger partial charge in [0.1, 0.15) is 0 Å². The lowest BCUT2D eigenvalue weighted by Gasteiger charge is -2.51. The summed E-state index contributed by atoms with van der Waals surface area (Å²) in [5.74, 6) is 0.424. The van der Waals surface area contributed by atoms with Gasteiger partial charge in [0, 0.05) is 39.3 Å². The van der Waals surface area contributed by atoms with Crippen LogP contribution in [0, 0.1) is 5.41 Å². The van der Waals surface area contributed by atoms with E-state index in [4.69, 9.17) is 0 Å². The number of fused-ring (bicyclic) bond motifs is 1. The summed E-state index contributed by atoms with van der Waals surface area (Å²) in [7, 11) is 1.90. The highest BCUT2D eigenvalue weighted by Crippen LogP contribution is 2.43. The van der Waals surface area contributed by atoms with E-state index in [1.165, 1.54) is 11.1 Å². The molecule has 0 unspecified atom stereocenters. The highest BCUT2D eigenvalue weighted by atomic mass is 16.2. The molecule has 2 atom stereocenters. The normalized spacial score (nSPS) is 29.1. The zero-order valence-electron chi connectivity index (χ0n) is 16.6. The minimum absolute atomic E-state index is 0.00826.